The van der Waals surface area contributed by atoms with E-state index in [-0.39, 0.29) is 6.61 Å². The fourth-order valence-electron chi connectivity index (χ4n) is 0.902. The molecule has 0 heterocycles. The van der Waals surface area contributed by atoms with E-state index < -0.39 is 0 Å². The van der Waals surface area contributed by atoms with Gasteiger partial charge in [0.15, 0.2) is 0 Å². The molecule has 72 valence electrons. The van der Waals surface area contributed by atoms with Gasteiger partial charge >= 0.3 is 0 Å². The minimum absolute atomic E-state index is 0.0368. The molecule has 0 aliphatic rings. The van der Waals surface area contributed by atoms with Gasteiger partial charge in [-0.1, -0.05) is 28.9 Å². The molecule has 1 aromatic carbocycles. The highest BCUT2D eigenvalue weighted by molar-refractivity contribution is 6.30. The van der Waals surface area contributed by atoms with Crippen molar-refractivity contribution < 1.29 is 4.84 Å². The van der Waals surface area contributed by atoms with Crippen LogP contribution >= 0.6 is 11.6 Å². The first-order chi connectivity index (χ1) is 6.74. The minimum atomic E-state index is -0.0368. The second-order valence-corrected chi connectivity index (χ2v) is 3.05. The second-order valence-electron chi connectivity index (χ2n) is 2.62. The van der Waals surface area contributed by atoms with E-state index >= 15 is 0 Å². The molecule has 0 saturated heterocycles. The molecule has 0 saturated carbocycles. The highest BCUT2D eigenvalue weighted by Gasteiger charge is 1.97. The molecule has 0 bridgehead atoms. The maximum Gasteiger partial charge on any atom is 0.202 e. The number of hydrogen-bond acceptors (Lipinski definition) is 3. The molecule has 0 aromatic heterocycles. The summed E-state index contributed by atoms with van der Waals surface area (Å²) in [5.74, 6) is 0. The van der Waals surface area contributed by atoms with E-state index in [0.717, 1.165) is 11.3 Å². The van der Waals surface area contributed by atoms with E-state index in [0.29, 0.717) is 5.02 Å². The van der Waals surface area contributed by atoms with Crippen molar-refractivity contribution in [2.75, 3.05) is 6.61 Å². The van der Waals surface area contributed by atoms with Crippen LogP contribution in [-0.4, -0.2) is 12.3 Å². The van der Waals surface area contributed by atoms with Crippen LogP contribution in [0, 0.1) is 11.3 Å². The van der Waals surface area contributed by atoms with Crippen LogP contribution in [0.5, 0.6) is 0 Å². The third-order valence-electron chi connectivity index (χ3n) is 1.59. The van der Waals surface area contributed by atoms with Gasteiger partial charge in [0, 0.05) is 5.02 Å². The second kappa shape index (κ2) is 5.25. The summed E-state index contributed by atoms with van der Waals surface area (Å²) < 4.78 is 0. The van der Waals surface area contributed by atoms with Gasteiger partial charge in [0.05, 0.1) is 5.71 Å². The predicted molar refractivity (Wildman–Crippen MR) is 55.2 cm³/mol. The average molecular weight is 209 g/mol. The Bertz CT molecular complexity index is 365. The first-order valence-electron chi connectivity index (χ1n) is 4.03. The molecule has 0 fully saturated rings. The van der Waals surface area contributed by atoms with Gasteiger partial charge in [-0.15, -0.1) is 0 Å². The van der Waals surface area contributed by atoms with Crippen LogP contribution in [0.4, 0.5) is 0 Å². The van der Waals surface area contributed by atoms with Crippen LogP contribution in [0.1, 0.15) is 12.5 Å². The molecular formula is C10H9ClN2O. The molecule has 0 spiro atoms. The van der Waals surface area contributed by atoms with Gasteiger partial charge in [-0.05, 0) is 24.6 Å². The van der Waals surface area contributed by atoms with Crippen molar-refractivity contribution in [2.24, 2.45) is 5.16 Å². The standard InChI is InChI=1S/C10H9ClN2O/c1-8(13-14-7-6-12)9-2-4-10(11)5-3-9/h2-5H,7H2,1H3. The van der Waals surface area contributed by atoms with Gasteiger partial charge in [-0.2, -0.15) is 5.26 Å². The predicted octanol–water partition coefficient (Wildman–Crippen LogP) is 2.60. The zero-order valence-corrected chi connectivity index (χ0v) is 8.45. The molecule has 14 heavy (non-hydrogen) atoms. The number of halogens is 1. The van der Waals surface area contributed by atoms with E-state index in [9.17, 15) is 0 Å². The Morgan fingerprint density at radius 2 is 2.14 bits per heavy atom. The summed E-state index contributed by atoms with van der Waals surface area (Å²) in [5.41, 5.74) is 1.64. The molecule has 1 aromatic rings. The SMILES string of the molecule is CC(=NOCC#N)c1ccc(Cl)cc1. The van der Waals surface area contributed by atoms with Gasteiger partial charge in [0.1, 0.15) is 6.07 Å². The molecule has 0 N–H and O–H groups in total. The zero-order valence-electron chi connectivity index (χ0n) is 7.70. The van der Waals surface area contributed by atoms with Crippen molar-refractivity contribution in [3.05, 3.63) is 34.9 Å². The molecule has 0 radical (unpaired) electrons. The summed E-state index contributed by atoms with van der Waals surface area (Å²) in [7, 11) is 0. The monoisotopic (exact) mass is 208 g/mol. The Morgan fingerprint density at radius 1 is 1.50 bits per heavy atom. The van der Waals surface area contributed by atoms with Gasteiger partial charge in [0.25, 0.3) is 0 Å². The van der Waals surface area contributed by atoms with Gasteiger partial charge in [-0.3, -0.25) is 0 Å². The van der Waals surface area contributed by atoms with Crippen LogP contribution in [0.25, 0.3) is 0 Å². The fraction of sp³-hybridized carbons (Fsp3) is 0.200. The van der Waals surface area contributed by atoms with Crippen LogP contribution in [0.2, 0.25) is 5.02 Å². The number of benzene rings is 1. The summed E-state index contributed by atoms with van der Waals surface area (Å²) in [6, 6.07) is 9.08. The summed E-state index contributed by atoms with van der Waals surface area (Å²) in [5, 5.41) is 12.7. The minimum Gasteiger partial charge on any atom is -0.380 e. The molecule has 4 heteroatoms. The van der Waals surface area contributed by atoms with Crippen LogP contribution < -0.4 is 0 Å². The Labute approximate surface area is 87.5 Å². The molecule has 3 nitrogen and oxygen atoms in total. The van der Waals surface area contributed by atoms with E-state index in [1.807, 2.05) is 18.2 Å². The quantitative estimate of drug-likeness (QED) is 0.436. The van der Waals surface area contributed by atoms with Crippen molar-refractivity contribution >= 4 is 17.3 Å². The van der Waals surface area contributed by atoms with Crippen LogP contribution in [0.15, 0.2) is 29.4 Å². The van der Waals surface area contributed by atoms with Gasteiger partial charge < -0.3 is 4.84 Å². The summed E-state index contributed by atoms with van der Waals surface area (Å²) in [4.78, 5) is 4.72. The fourth-order valence-corrected chi connectivity index (χ4v) is 1.03. The van der Waals surface area contributed by atoms with Crippen molar-refractivity contribution in [3.63, 3.8) is 0 Å². The van der Waals surface area contributed by atoms with Crippen LogP contribution in [-0.2, 0) is 4.84 Å². The zero-order chi connectivity index (χ0) is 10.4. The normalized spacial score (nSPS) is 10.8. The lowest BCUT2D eigenvalue weighted by molar-refractivity contribution is 0.178. The average Bonchev–Trinajstić information content (AvgIpc) is 2.19. The molecule has 0 aliphatic heterocycles. The molecule has 0 atom stereocenters. The summed E-state index contributed by atoms with van der Waals surface area (Å²) >= 11 is 5.73. The lowest BCUT2D eigenvalue weighted by Crippen LogP contribution is -1.96. The van der Waals surface area contributed by atoms with E-state index in [4.69, 9.17) is 21.7 Å². The molecule has 1 rings (SSSR count). The Hall–Kier alpha value is -1.53. The third kappa shape index (κ3) is 3.08. The Balaban J connectivity index is 2.70. The number of hydrogen-bond donors (Lipinski definition) is 0. The lowest BCUT2D eigenvalue weighted by atomic mass is 10.1. The Kier molecular flexibility index (Phi) is 3.96. The summed E-state index contributed by atoms with van der Waals surface area (Å²) in [6.45, 7) is 1.77. The third-order valence-corrected chi connectivity index (χ3v) is 1.84. The molecule has 0 aliphatic carbocycles. The van der Waals surface area contributed by atoms with Gasteiger partial charge in [-0.25, -0.2) is 0 Å². The van der Waals surface area contributed by atoms with E-state index in [1.54, 1.807) is 19.1 Å². The first-order valence-corrected chi connectivity index (χ1v) is 4.41. The van der Waals surface area contributed by atoms with Gasteiger partial charge in [0.2, 0.25) is 6.61 Å². The maximum atomic E-state index is 8.22. The molecular weight excluding hydrogens is 200 g/mol. The maximum absolute atomic E-state index is 8.22. The van der Waals surface area contributed by atoms with Crippen molar-refractivity contribution in [2.45, 2.75) is 6.92 Å². The number of nitrogens with zero attached hydrogens (tertiary/aromatic N) is 2. The lowest BCUT2D eigenvalue weighted by Gasteiger charge is -1.99. The van der Waals surface area contributed by atoms with Crippen molar-refractivity contribution in [3.8, 4) is 6.07 Å². The summed E-state index contributed by atoms with van der Waals surface area (Å²) in [6.07, 6.45) is 0. The number of nitriles is 1. The Morgan fingerprint density at radius 3 is 2.71 bits per heavy atom. The highest BCUT2D eigenvalue weighted by atomic mass is 35.5. The van der Waals surface area contributed by atoms with Crippen molar-refractivity contribution in [1.82, 2.24) is 0 Å². The largest absolute Gasteiger partial charge is 0.380 e. The van der Waals surface area contributed by atoms with Crippen molar-refractivity contribution in [1.29, 1.82) is 5.26 Å². The highest BCUT2D eigenvalue weighted by Crippen LogP contribution is 2.10. The first kappa shape index (κ1) is 10.6. The number of oxime groups is 1. The van der Waals surface area contributed by atoms with E-state index in [1.165, 1.54) is 0 Å². The molecule has 0 amide bonds. The number of rotatable bonds is 3. The smallest absolute Gasteiger partial charge is 0.202 e. The topological polar surface area (TPSA) is 45.4 Å². The van der Waals surface area contributed by atoms with E-state index in [2.05, 4.69) is 5.16 Å². The van der Waals surface area contributed by atoms with Crippen LogP contribution in [0.3, 0.4) is 0 Å². The molecule has 0 unspecified atom stereocenters.